The average Bonchev–Trinajstić information content (AvgIpc) is 2.27. The predicted molar refractivity (Wildman–Crippen MR) is 74.7 cm³/mol. The summed E-state index contributed by atoms with van der Waals surface area (Å²) in [6, 6.07) is 8.83. The lowest BCUT2D eigenvalue weighted by molar-refractivity contribution is 0.143. The van der Waals surface area contributed by atoms with Gasteiger partial charge in [-0.2, -0.15) is 0 Å². The first-order valence-electron chi connectivity index (χ1n) is 6.58. The Hall–Kier alpha value is -1.02. The second kappa shape index (κ2) is 5.09. The number of benzene rings is 1. The highest BCUT2D eigenvalue weighted by Crippen LogP contribution is 2.41. The van der Waals surface area contributed by atoms with Crippen molar-refractivity contribution in [3.8, 4) is 0 Å². The van der Waals surface area contributed by atoms with Gasteiger partial charge in [0.15, 0.2) is 0 Å². The standard InChI is InChI=1S/C15H24N2/c1-13-5-7-14(8-6-13)17(3)12-15(11-16-2)9-4-10-15/h5-8,16H,4,9-12H2,1-3H3. The number of hydrogen-bond donors (Lipinski definition) is 1. The third-order valence-electron chi connectivity index (χ3n) is 4.01. The van der Waals surface area contributed by atoms with Crippen LogP contribution in [0.25, 0.3) is 0 Å². The van der Waals surface area contributed by atoms with E-state index in [2.05, 4.69) is 55.5 Å². The van der Waals surface area contributed by atoms with E-state index in [1.165, 1.54) is 30.5 Å². The zero-order valence-corrected chi connectivity index (χ0v) is 11.3. The third kappa shape index (κ3) is 2.81. The minimum absolute atomic E-state index is 0.508. The van der Waals surface area contributed by atoms with Gasteiger partial charge in [-0.05, 0) is 38.9 Å². The summed E-state index contributed by atoms with van der Waals surface area (Å²) in [5.74, 6) is 0. The van der Waals surface area contributed by atoms with E-state index in [1.54, 1.807) is 0 Å². The summed E-state index contributed by atoms with van der Waals surface area (Å²) in [7, 11) is 4.27. The molecule has 1 aliphatic rings. The summed E-state index contributed by atoms with van der Waals surface area (Å²) < 4.78 is 0. The van der Waals surface area contributed by atoms with Gasteiger partial charge in [-0.25, -0.2) is 0 Å². The summed E-state index contributed by atoms with van der Waals surface area (Å²) in [4.78, 5) is 2.40. The summed E-state index contributed by atoms with van der Waals surface area (Å²) in [5, 5.41) is 3.35. The van der Waals surface area contributed by atoms with E-state index in [1.807, 2.05) is 0 Å². The van der Waals surface area contributed by atoms with Crippen LogP contribution < -0.4 is 10.2 Å². The fraction of sp³-hybridized carbons (Fsp3) is 0.600. The summed E-state index contributed by atoms with van der Waals surface area (Å²) in [6.07, 6.45) is 4.12. The van der Waals surface area contributed by atoms with Crippen molar-refractivity contribution >= 4 is 5.69 Å². The molecule has 0 atom stereocenters. The largest absolute Gasteiger partial charge is 0.374 e. The minimum atomic E-state index is 0.508. The van der Waals surface area contributed by atoms with Crippen molar-refractivity contribution in [2.24, 2.45) is 5.41 Å². The highest BCUT2D eigenvalue weighted by atomic mass is 15.1. The molecule has 1 aromatic carbocycles. The molecular weight excluding hydrogens is 208 g/mol. The Kier molecular flexibility index (Phi) is 3.72. The fourth-order valence-corrected chi connectivity index (χ4v) is 2.84. The van der Waals surface area contributed by atoms with Crippen LogP contribution in [0.4, 0.5) is 5.69 Å². The Labute approximate surface area is 105 Å². The molecule has 0 spiro atoms. The van der Waals surface area contributed by atoms with Crippen molar-refractivity contribution in [1.82, 2.24) is 5.32 Å². The van der Waals surface area contributed by atoms with E-state index >= 15 is 0 Å². The van der Waals surface area contributed by atoms with Gasteiger partial charge in [0.2, 0.25) is 0 Å². The van der Waals surface area contributed by atoms with E-state index in [9.17, 15) is 0 Å². The second-order valence-corrected chi connectivity index (χ2v) is 5.58. The van der Waals surface area contributed by atoms with Gasteiger partial charge in [-0.15, -0.1) is 0 Å². The maximum Gasteiger partial charge on any atom is 0.0363 e. The number of rotatable bonds is 5. The van der Waals surface area contributed by atoms with Crippen molar-refractivity contribution < 1.29 is 0 Å². The highest BCUT2D eigenvalue weighted by molar-refractivity contribution is 5.47. The fourth-order valence-electron chi connectivity index (χ4n) is 2.84. The zero-order chi connectivity index (χ0) is 12.3. The molecule has 1 aromatic rings. The molecule has 0 aromatic heterocycles. The smallest absolute Gasteiger partial charge is 0.0363 e. The molecule has 1 saturated carbocycles. The van der Waals surface area contributed by atoms with Gasteiger partial charge in [0.05, 0.1) is 0 Å². The van der Waals surface area contributed by atoms with Crippen molar-refractivity contribution in [3.05, 3.63) is 29.8 Å². The van der Waals surface area contributed by atoms with Gasteiger partial charge in [0.1, 0.15) is 0 Å². The SMILES string of the molecule is CNCC1(CN(C)c2ccc(C)cc2)CCC1. The maximum absolute atomic E-state index is 3.35. The van der Waals surface area contributed by atoms with E-state index in [4.69, 9.17) is 0 Å². The second-order valence-electron chi connectivity index (χ2n) is 5.58. The highest BCUT2D eigenvalue weighted by Gasteiger charge is 2.37. The molecule has 0 aliphatic heterocycles. The van der Waals surface area contributed by atoms with E-state index in [0.717, 1.165) is 13.1 Å². The van der Waals surface area contributed by atoms with Gasteiger partial charge in [0.25, 0.3) is 0 Å². The molecule has 2 rings (SSSR count). The lowest BCUT2D eigenvalue weighted by atomic mass is 9.68. The van der Waals surface area contributed by atoms with Crippen LogP contribution in [0.2, 0.25) is 0 Å². The number of nitrogens with one attached hydrogen (secondary N) is 1. The van der Waals surface area contributed by atoms with Crippen LogP contribution in [0, 0.1) is 12.3 Å². The first kappa shape index (κ1) is 12.4. The Morgan fingerprint density at radius 3 is 2.35 bits per heavy atom. The van der Waals surface area contributed by atoms with Crippen molar-refractivity contribution in [2.45, 2.75) is 26.2 Å². The molecule has 0 radical (unpaired) electrons. The van der Waals surface area contributed by atoms with E-state index < -0.39 is 0 Å². The monoisotopic (exact) mass is 232 g/mol. The molecule has 0 heterocycles. The van der Waals surface area contributed by atoms with Crippen molar-refractivity contribution in [2.75, 3.05) is 32.1 Å². The van der Waals surface area contributed by atoms with Crippen LogP contribution >= 0.6 is 0 Å². The molecular formula is C15H24N2. The molecule has 0 bridgehead atoms. The lowest BCUT2D eigenvalue weighted by Gasteiger charge is -2.45. The molecule has 0 saturated heterocycles. The number of hydrogen-bond acceptors (Lipinski definition) is 2. The molecule has 2 heteroatoms. The molecule has 17 heavy (non-hydrogen) atoms. The van der Waals surface area contributed by atoms with Gasteiger partial charge >= 0.3 is 0 Å². The molecule has 0 unspecified atom stereocenters. The van der Waals surface area contributed by atoms with Crippen LogP contribution in [0.3, 0.4) is 0 Å². The van der Waals surface area contributed by atoms with Gasteiger partial charge in [-0.1, -0.05) is 24.1 Å². The Morgan fingerprint density at radius 1 is 1.24 bits per heavy atom. The quantitative estimate of drug-likeness (QED) is 0.840. The zero-order valence-electron chi connectivity index (χ0n) is 11.3. The van der Waals surface area contributed by atoms with Gasteiger partial charge in [-0.3, -0.25) is 0 Å². The topological polar surface area (TPSA) is 15.3 Å². The normalized spacial score (nSPS) is 17.6. The van der Waals surface area contributed by atoms with E-state index in [-0.39, 0.29) is 0 Å². The van der Waals surface area contributed by atoms with Crippen LogP contribution in [0.5, 0.6) is 0 Å². The number of nitrogens with zero attached hydrogens (tertiary/aromatic N) is 1. The molecule has 94 valence electrons. The molecule has 0 amide bonds. The van der Waals surface area contributed by atoms with Gasteiger partial charge in [0, 0.05) is 31.2 Å². The van der Waals surface area contributed by atoms with Crippen LogP contribution in [-0.4, -0.2) is 27.2 Å². The maximum atomic E-state index is 3.35. The van der Waals surface area contributed by atoms with Crippen LogP contribution in [0.15, 0.2) is 24.3 Å². The average molecular weight is 232 g/mol. The van der Waals surface area contributed by atoms with E-state index in [0.29, 0.717) is 5.41 Å². The van der Waals surface area contributed by atoms with Crippen LogP contribution in [0.1, 0.15) is 24.8 Å². The van der Waals surface area contributed by atoms with Crippen molar-refractivity contribution in [1.29, 1.82) is 0 Å². The Bertz CT molecular complexity index is 352. The Morgan fingerprint density at radius 2 is 1.88 bits per heavy atom. The Balaban J connectivity index is 2.00. The van der Waals surface area contributed by atoms with Crippen molar-refractivity contribution in [3.63, 3.8) is 0 Å². The predicted octanol–water partition coefficient (Wildman–Crippen LogP) is 2.82. The summed E-state index contributed by atoms with van der Waals surface area (Å²) in [6.45, 7) is 4.44. The first-order chi connectivity index (χ1) is 8.15. The van der Waals surface area contributed by atoms with Gasteiger partial charge < -0.3 is 10.2 Å². The molecule has 1 fully saturated rings. The lowest BCUT2D eigenvalue weighted by Crippen LogP contribution is -2.47. The number of aryl methyl sites for hydroxylation is 1. The summed E-state index contributed by atoms with van der Waals surface area (Å²) in [5.41, 5.74) is 3.17. The summed E-state index contributed by atoms with van der Waals surface area (Å²) >= 11 is 0. The van der Waals surface area contributed by atoms with Crippen LogP contribution in [-0.2, 0) is 0 Å². The minimum Gasteiger partial charge on any atom is -0.374 e. The first-order valence-corrected chi connectivity index (χ1v) is 6.58. The third-order valence-corrected chi connectivity index (χ3v) is 4.01. The molecule has 1 N–H and O–H groups in total. The molecule has 2 nitrogen and oxygen atoms in total. The molecule has 1 aliphatic carbocycles. The number of anilines is 1.